The second kappa shape index (κ2) is 6.15. The lowest BCUT2D eigenvalue weighted by molar-refractivity contribution is -0.112. The van der Waals surface area contributed by atoms with Crippen molar-refractivity contribution in [1.29, 1.82) is 0 Å². The summed E-state index contributed by atoms with van der Waals surface area (Å²) in [4.78, 5) is 15.4. The Labute approximate surface area is 109 Å². The van der Waals surface area contributed by atoms with Crippen molar-refractivity contribution >= 4 is 34.2 Å². The molecule has 0 radical (unpaired) electrons. The quantitative estimate of drug-likeness (QED) is 0.515. The molecule has 0 bridgehead atoms. The SMILES string of the molecule is C=C/C=C(\N=C)C(=O)Nc1ccc(Br)cc1C. The average molecular weight is 293 g/mol. The maximum Gasteiger partial charge on any atom is 0.274 e. The van der Waals surface area contributed by atoms with Crippen LogP contribution in [0.5, 0.6) is 0 Å². The molecule has 0 aliphatic heterocycles. The van der Waals surface area contributed by atoms with Gasteiger partial charge in [0.05, 0.1) is 0 Å². The number of hydrogen-bond donors (Lipinski definition) is 1. The number of amides is 1. The molecule has 1 N–H and O–H groups in total. The van der Waals surface area contributed by atoms with Gasteiger partial charge in [-0.3, -0.25) is 9.79 Å². The van der Waals surface area contributed by atoms with Crippen LogP contribution in [0.2, 0.25) is 0 Å². The van der Waals surface area contributed by atoms with Gasteiger partial charge in [-0.2, -0.15) is 0 Å². The first-order chi connectivity index (χ1) is 8.08. The zero-order chi connectivity index (χ0) is 12.8. The Kier molecular flexibility index (Phi) is 4.84. The number of benzene rings is 1. The van der Waals surface area contributed by atoms with Gasteiger partial charge in [0, 0.05) is 10.2 Å². The molecule has 0 fully saturated rings. The van der Waals surface area contributed by atoms with Crippen molar-refractivity contribution in [3.8, 4) is 0 Å². The van der Waals surface area contributed by atoms with E-state index >= 15 is 0 Å². The molecule has 17 heavy (non-hydrogen) atoms. The van der Waals surface area contributed by atoms with Crippen molar-refractivity contribution in [2.45, 2.75) is 6.92 Å². The lowest BCUT2D eigenvalue weighted by Gasteiger charge is -2.08. The standard InChI is InChI=1S/C13H13BrN2O/c1-4-5-12(15-3)13(17)16-11-7-6-10(14)8-9(11)2/h4-8H,1,3H2,2H3,(H,16,17)/b12-5-. The number of hydrogen-bond acceptors (Lipinski definition) is 2. The van der Waals surface area contributed by atoms with E-state index in [1.54, 1.807) is 0 Å². The first-order valence-corrected chi connectivity index (χ1v) is 5.74. The fourth-order valence-corrected chi connectivity index (χ4v) is 1.74. The van der Waals surface area contributed by atoms with E-state index in [0.29, 0.717) is 0 Å². The molecule has 1 rings (SSSR count). The van der Waals surface area contributed by atoms with Crippen molar-refractivity contribution < 1.29 is 4.79 Å². The molecule has 0 aliphatic carbocycles. The molecule has 0 atom stereocenters. The summed E-state index contributed by atoms with van der Waals surface area (Å²) >= 11 is 3.36. The molecule has 0 aliphatic rings. The fraction of sp³-hybridized carbons (Fsp3) is 0.0769. The molecule has 0 saturated carbocycles. The zero-order valence-electron chi connectivity index (χ0n) is 9.53. The molecule has 1 aromatic rings. The van der Waals surface area contributed by atoms with Crippen LogP contribution >= 0.6 is 15.9 Å². The minimum Gasteiger partial charge on any atom is -0.320 e. The fourth-order valence-electron chi connectivity index (χ4n) is 1.27. The van der Waals surface area contributed by atoms with Gasteiger partial charge in [0.15, 0.2) is 0 Å². The normalized spacial score (nSPS) is 10.8. The van der Waals surface area contributed by atoms with E-state index in [2.05, 4.69) is 39.5 Å². The number of allylic oxidation sites excluding steroid dienone is 2. The molecule has 3 nitrogen and oxygen atoms in total. The van der Waals surface area contributed by atoms with Gasteiger partial charge in [-0.25, -0.2) is 0 Å². The van der Waals surface area contributed by atoms with Crippen molar-refractivity contribution in [3.63, 3.8) is 0 Å². The molecular formula is C13H13BrN2O. The molecule has 4 heteroatoms. The second-order valence-corrected chi connectivity index (χ2v) is 4.27. The van der Waals surface area contributed by atoms with E-state index in [4.69, 9.17) is 0 Å². The van der Waals surface area contributed by atoms with Crippen LogP contribution in [-0.4, -0.2) is 12.6 Å². The zero-order valence-corrected chi connectivity index (χ0v) is 11.1. The molecule has 1 amide bonds. The summed E-state index contributed by atoms with van der Waals surface area (Å²) in [6.07, 6.45) is 3.01. The molecule has 0 heterocycles. The van der Waals surface area contributed by atoms with Crippen molar-refractivity contribution in [3.05, 3.63) is 52.7 Å². The van der Waals surface area contributed by atoms with Crippen LogP contribution in [0.4, 0.5) is 5.69 Å². The molecule has 0 aromatic heterocycles. The van der Waals surface area contributed by atoms with Gasteiger partial charge < -0.3 is 5.32 Å². The topological polar surface area (TPSA) is 41.5 Å². The number of carbonyl (C=O) groups excluding carboxylic acids is 1. The second-order valence-electron chi connectivity index (χ2n) is 3.36. The highest BCUT2D eigenvalue weighted by atomic mass is 79.9. The molecule has 0 unspecified atom stereocenters. The van der Waals surface area contributed by atoms with Crippen LogP contribution in [0.1, 0.15) is 5.56 Å². The van der Waals surface area contributed by atoms with Gasteiger partial charge in [0.25, 0.3) is 5.91 Å². The Hall–Kier alpha value is -1.68. The van der Waals surface area contributed by atoms with Gasteiger partial charge in [-0.05, 0) is 43.5 Å². The maximum absolute atomic E-state index is 11.8. The van der Waals surface area contributed by atoms with E-state index in [1.807, 2.05) is 25.1 Å². The highest BCUT2D eigenvalue weighted by molar-refractivity contribution is 9.10. The number of nitrogens with one attached hydrogen (secondary N) is 1. The van der Waals surface area contributed by atoms with Gasteiger partial charge in [0.2, 0.25) is 0 Å². The summed E-state index contributed by atoms with van der Waals surface area (Å²) < 4.78 is 0.969. The Balaban J connectivity index is 2.91. The Morgan fingerprint density at radius 1 is 1.53 bits per heavy atom. The van der Waals surface area contributed by atoms with Crippen LogP contribution < -0.4 is 5.32 Å². The highest BCUT2D eigenvalue weighted by Gasteiger charge is 2.08. The van der Waals surface area contributed by atoms with Crippen molar-refractivity contribution in [1.82, 2.24) is 0 Å². The number of aryl methyl sites for hydroxylation is 1. The number of carbonyl (C=O) groups is 1. The summed E-state index contributed by atoms with van der Waals surface area (Å²) in [5, 5.41) is 2.76. The molecular weight excluding hydrogens is 280 g/mol. The summed E-state index contributed by atoms with van der Waals surface area (Å²) in [7, 11) is 0. The van der Waals surface area contributed by atoms with Gasteiger partial charge in [-0.1, -0.05) is 28.6 Å². The minimum absolute atomic E-state index is 0.238. The summed E-state index contributed by atoms with van der Waals surface area (Å²) in [5.41, 5.74) is 1.95. The van der Waals surface area contributed by atoms with E-state index in [9.17, 15) is 4.79 Å². The predicted molar refractivity (Wildman–Crippen MR) is 75.3 cm³/mol. The first kappa shape index (κ1) is 13.4. The third-order valence-electron chi connectivity index (χ3n) is 2.12. The summed E-state index contributed by atoms with van der Waals surface area (Å²) in [6.45, 7) is 8.78. The first-order valence-electron chi connectivity index (χ1n) is 4.95. The number of aliphatic imine (C=N–C) groups is 1. The van der Waals surface area contributed by atoms with Crippen LogP contribution in [0.25, 0.3) is 0 Å². The summed E-state index contributed by atoms with van der Waals surface area (Å²) in [5.74, 6) is -0.301. The van der Waals surface area contributed by atoms with E-state index < -0.39 is 0 Å². The van der Waals surface area contributed by atoms with E-state index in [1.165, 1.54) is 12.2 Å². The van der Waals surface area contributed by atoms with Crippen LogP contribution in [-0.2, 0) is 4.79 Å². The smallest absolute Gasteiger partial charge is 0.274 e. The largest absolute Gasteiger partial charge is 0.320 e. The number of anilines is 1. The Morgan fingerprint density at radius 2 is 2.24 bits per heavy atom. The Morgan fingerprint density at radius 3 is 2.76 bits per heavy atom. The van der Waals surface area contributed by atoms with Crippen LogP contribution in [0, 0.1) is 6.92 Å². The lowest BCUT2D eigenvalue weighted by Crippen LogP contribution is -2.13. The third-order valence-corrected chi connectivity index (χ3v) is 2.61. The molecule has 88 valence electrons. The maximum atomic E-state index is 11.8. The van der Waals surface area contributed by atoms with Gasteiger partial charge >= 0.3 is 0 Å². The van der Waals surface area contributed by atoms with E-state index in [-0.39, 0.29) is 11.6 Å². The lowest BCUT2D eigenvalue weighted by atomic mass is 10.2. The predicted octanol–water partition coefficient (Wildman–Crippen LogP) is 3.47. The highest BCUT2D eigenvalue weighted by Crippen LogP contribution is 2.20. The molecule has 0 spiro atoms. The minimum atomic E-state index is -0.301. The average Bonchev–Trinajstić information content (AvgIpc) is 2.29. The number of nitrogens with zero attached hydrogens (tertiary/aromatic N) is 1. The molecule has 1 aromatic carbocycles. The molecule has 0 saturated heterocycles. The number of rotatable bonds is 4. The Bertz CT molecular complexity index is 492. The van der Waals surface area contributed by atoms with Crippen LogP contribution in [0.15, 0.2) is 52.1 Å². The van der Waals surface area contributed by atoms with Crippen molar-refractivity contribution in [2.75, 3.05) is 5.32 Å². The summed E-state index contributed by atoms with van der Waals surface area (Å²) in [6, 6.07) is 5.61. The third kappa shape index (κ3) is 3.67. The van der Waals surface area contributed by atoms with Crippen molar-refractivity contribution in [2.24, 2.45) is 4.99 Å². The van der Waals surface area contributed by atoms with E-state index in [0.717, 1.165) is 15.7 Å². The van der Waals surface area contributed by atoms with Gasteiger partial charge in [-0.15, -0.1) is 0 Å². The van der Waals surface area contributed by atoms with Gasteiger partial charge in [0.1, 0.15) is 5.70 Å². The van der Waals surface area contributed by atoms with Crippen LogP contribution in [0.3, 0.4) is 0 Å². The number of halogens is 1. The monoisotopic (exact) mass is 292 g/mol.